The van der Waals surface area contributed by atoms with Crippen molar-refractivity contribution in [2.75, 3.05) is 13.2 Å². The third-order valence-electron chi connectivity index (χ3n) is 3.94. The van der Waals surface area contributed by atoms with E-state index in [0.717, 1.165) is 38.5 Å². The number of rotatable bonds is 10. The molecule has 0 fully saturated rings. The maximum atomic E-state index is 8.82. The molecule has 2 nitrogen and oxygen atoms in total. The first kappa shape index (κ1) is 18.1. The minimum atomic E-state index is 0.287. The van der Waals surface area contributed by atoms with Crippen molar-refractivity contribution >= 4 is 19.2 Å². The molecular formula is C20H27O2P. The molecule has 2 rings (SSSR count). The molecule has 0 bridgehead atoms. The van der Waals surface area contributed by atoms with E-state index in [2.05, 4.69) is 48.5 Å². The first-order valence-corrected chi connectivity index (χ1v) is 9.48. The second-order valence-electron chi connectivity index (χ2n) is 5.88. The maximum Gasteiger partial charge on any atom is 0.0431 e. The molecule has 0 saturated heterocycles. The van der Waals surface area contributed by atoms with Crippen molar-refractivity contribution in [3.8, 4) is 0 Å². The lowest BCUT2D eigenvalue weighted by molar-refractivity contribution is 0.284. The van der Waals surface area contributed by atoms with E-state index in [4.69, 9.17) is 10.2 Å². The van der Waals surface area contributed by atoms with Gasteiger partial charge >= 0.3 is 0 Å². The molecule has 0 unspecified atom stereocenters. The molecule has 2 N–H and O–H groups in total. The first-order chi connectivity index (χ1) is 11.3. The fraction of sp³-hybridized carbons (Fsp3) is 0.400. The van der Waals surface area contributed by atoms with Gasteiger partial charge in [-0.2, -0.15) is 0 Å². The summed E-state index contributed by atoms with van der Waals surface area (Å²) in [5, 5.41) is 20.4. The van der Waals surface area contributed by atoms with Gasteiger partial charge in [-0.15, -0.1) is 0 Å². The highest BCUT2D eigenvalue weighted by Crippen LogP contribution is 2.14. The van der Waals surface area contributed by atoms with Crippen LogP contribution < -0.4 is 10.6 Å². The van der Waals surface area contributed by atoms with E-state index in [-0.39, 0.29) is 13.2 Å². The zero-order valence-electron chi connectivity index (χ0n) is 13.7. The van der Waals surface area contributed by atoms with Crippen molar-refractivity contribution in [1.29, 1.82) is 0 Å². The van der Waals surface area contributed by atoms with Crippen LogP contribution in [0.25, 0.3) is 0 Å². The standard InChI is InChI=1S/C20H27O2P/c21-15-3-1-5-17-7-11-19(12-8-17)23-20-13-9-18(10-14-20)6-2-4-16-22/h7-14,21-23H,1-6,15-16H2. The minimum Gasteiger partial charge on any atom is -0.396 e. The molecule has 3 heteroatoms. The number of aliphatic hydroxyl groups excluding tert-OH is 2. The summed E-state index contributed by atoms with van der Waals surface area (Å²) in [6.45, 7) is 0.574. The zero-order valence-corrected chi connectivity index (χ0v) is 14.7. The van der Waals surface area contributed by atoms with Gasteiger partial charge in [0.25, 0.3) is 0 Å². The third-order valence-corrected chi connectivity index (χ3v) is 5.19. The molecule has 0 aliphatic heterocycles. The summed E-state index contributed by atoms with van der Waals surface area (Å²) in [6, 6.07) is 17.7. The normalized spacial score (nSPS) is 10.9. The van der Waals surface area contributed by atoms with Gasteiger partial charge in [-0.3, -0.25) is 0 Å². The predicted molar refractivity (Wildman–Crippen MR) is 101 cm³/mol. The third kappa shape index (κ3) is 6.83. The second kappa shape index (κ2) is 10.5. The van der Waals surface area contributed by atoms with Crippen LogP contribution in [-0.2, 0) is 12.8 Å². The molecule has 0 radical (unpaired) electrons. The van der Waals surface area contributed by atoms with Gasteiger partial charge in [0.1, 0.15) is 0 Å². The van der Waals surface area contributed by atoms with Crippen LogP contribution >= 0.6 is 8.58 Å². The Hall–Kier alpha value is -1.21. The van der Waals surface area contributed by atoms with Crippen LogP contribution in [0.3, 0.4) is 0 Å². The SMILES string of the molecule is OCCCCc1ccc(Pc2ccc(CCCCO)cc2)cc1. The average Bonchev–Trinajstić information content (AvgIpc) is 2.58. The Labute approximate surface area is 141 Å². The van der Waals surface area contributed by atoms with Crippen LogP contribution in [0.1, 0.15) is 36.8 Å². The van der Waals surface area contributed by atoms with E-state index in [1.54, 1.807) is 0 Å². The molecule has 2 aromatic carbocycles. The van der Waals surface area contributed by atoms with E-state index >= 15 is 0 Å². The van der Waals surface area contributed by atoms with Gasteiger partial charge in [-0.25, -0.2) is 0 Å². The molecule has 0 aliphatic rings. The lowest BCUT2D eigenvalue weighted by atomic mass is 10.1. The largest absolute Gasteiger partial charge is 0.396 e. The van der Waals surface area contributed by atoms with Crippen LogP contribution in [0.5, 0.6) is 0 Å². The Bertz CT molecular complexity index is 497. The Morgan fingerprint density at radius 1 is 0.565 bits per heavy atom. The zero-order chi connectivity index (χ0) is 16.3. The van der Waals surface area contributed by atoms with Gasteiger partial charge in [-0.05, 0) is 60.3 Å². The molecule has 0 aromatic heterocycles. The molecule has 0 heterocycles. The second-order valence-corrected chi connectivity index (χ2v) is 7.28. The van der Waals surface area contributed by atoms with E-state index in [1.807, 2.05) is 0 Å². The molecule has 0 saturated carbocycles. The summed E-state index contributed by atoms with van der Waals surface area (Å²) in [7, 11) is 0.694. The predicted octanol–water partition coefficient (Wildman–Crippen LogP) is 2.95. The van der Waals surface area contributed by atoms with Crippen LogP contribution in [0.15, 0.2) is 48.5 Å². The van der Waals surface area contributed by atoms with Crippen molar-refractivity contribution in [3.05, 3.63) is 59.7 Å². The van der Waals surface area contributed by atoms with Gasteiger partial charge in [0.15, 0.2) is 0 Å². The summed E-state index contributed by atoms with van der Waals surface area (Å²) in [5.74, 6) is 0. The highest BCUT2D eigenvalue weighted by molar-refractivity contribution is 7.55. The average molecular weight is 330 g/mol. The van der Waals surface area contributed by atoms with Gasteiger partial charge in [0.05, 0.1) is 0 Å². The number of benzene rings is 2. The summed E-state index contributed by atoms with van der Waals surface area (Å²) in [5.41, 5.74) is 2.71. The van der Waals surface area contributed by atoms with E-state index in [9.17, 15) is 0 Å². The fourth-order valence-electron chi connectivity index (χ4n) is 2.56. The van der Waals surface area contributed by atoms with Crippen LogP contribution in [0.4, 0.5) is 0 Å². The number of aryl methyl sites for hydroxylation is 2. The van der Waals surface area contributed by atoms with Crippen LogP contribution in [0, 0.1) is 0 Å². The van der Waals surface area contributed by atoms with Gasteiger partial charge in [-0.1, -0.05) is 57.1 Å². The Morgan fingerprint density at radius 3 is 1.30 bits per heavy atom. The van der Waals surface area contributed by atoms with Crippen molar-refractivity contribution in [2.45, 2.75) is 38.5 Å². The summed E-state index contributed by atoms with van der Waals surface area (Å²) in [6.07, 6.45) is 5.97. The molecule has 124 valence electrons. The minimum absolute atomic E-state index is 0.287. The van der Waals surface area contributed by atoms with Crippen molar-refractivity contribution in [1.82, 2.24) is 0 Å². The number of hydrogen-bond donors (Lipinski definition) is 2. The Morgan fingerprint density at radius 2 is 0.957 bits per heavy atom. The summed E-state index contributed by atoms with van der Waals surface area (Å²) >= 11 is 0. The quantitative estimate of drug-likeness (QED) is 0.519. The fourth-order valence-corrected chi connectivity index (χ4v) is 3.56. The van der Waals surface area contributed by atoms with Gasteiger partial charge < -0.3 is 10.2 Å². The molecular weight excluding hydrogens is 303 g/mol. The molecule has 2 aromatic rings. The monoisotopic (exact) mass is 330 g/mol. The van der Waals surface area contributed by atoms with Crippen molar-refractivity contribution in [2.24, 2.45) is 0 Å². The Kier molecular flexibility index (Phi) is 8.31. The Balaban J connectivity index is 1.84. The number of hydrogen-bond acceptors (Lipinski definition) is 2. The molecule has 0 amide bonds. The smallest absolute Gasteiger partial charge is 0.0431 e. The summed E-state index contributed by atoms with van der Waals surface area (Å²) in [4.78, 5) is 0. The van der Waals surface area contributed by atoms with E-state index < -0.39 is 0 Å². The molecule has 0 atom stereocenters. The van der Waals surface area contributed by atoms with E-state index in [1.165, 1.54) is 21.7 Å². The molecule has 0 spiro atoms. The van der Waals surface area contributed by atoms with Crippen molar-refractivity contribution < 1.29 is 10.2 Å². The maximum absolute atomic E-state index is 8.82. The lowest BCUT2D eigenvalue weighted by Crippen LogP contribution is -2.04. The first-order valence-electron chi connectivity index (χ1n) is 8.48. The van der Waals surface area contributed by atoms with Crippen molar-refractivity contribution in [3.63, 3.8) is 0 Å². The van der Waals surface area contributed by atoms with Gasteiger partial charge in [0.2, 0.25) is 0 Å². The van der Waals surface area contributed by atoms with Crippen LogP contribution in [0.2, 0.25) is 0 Å². The van der Waals surface area contributed by atoms with Gasteiger partial charge in [0, 0.05) is 13.2 Å². The van der Waals surface area contributed by atoms with E-state index in [0.29, 0.717) is 8.58 Å². The number of unbranched alkanes of at least 4 members (excludes halogenated alkanes) is 2. The molecule has 23 heavy (non-hydrogen) atoms. The highest BCUT2D eigenvalue weighted by atomic mass is 31.1. The number of aliphatic hydroxyl groups is 2. The highest BCUT2D eigenvalue weighted by Gasteiger charge is 1.99. The summed E-state index contributed by atoms with van der Waals surface area (Å²) < 4.78 is 0. The topological polar surface area (TPSA) is 40.5 Å². The molecule has 0 aliphatic carbocycles. The lowest BCUT2D eigenvalue weighted by Gasteiger charge is -2.06. The van der Waals surface area contributed by atoms with Crippen LogP contribution in [-0.4, -0.2) is 23.4 Å².